The van der Waals surface area contributed by atoms with E-state index in [1.165, 1.54) is 30.5 Å². The van der Waals surface area contributed by atoms with E-state index in [-0.39, 0.29) is 5.82 Å². The van der Waals surface area contributed by atoms with E-state index in [1.54, 1.807) is 19.1 Å². The van der Waals surface area contributed by atoms with Crippen LogP contribution in [0.25, 0.3) is 0 Å². The highest BCUT2D eigenvalue weighted by atomic mass is 19.1. The van der Waals surface area contributed by atoms with Crippen molar-refractivity contribution in [2.75, 3.05) is 0 Å². The van der Waals surface area contributed by atoms with Crippen molar-refractivity contribution in [2.24, 2.45) is 11.5 Å². The fraction of sp³-hybridized carbons (Fsp3) is 0.312. The van der Waals surface area contributed by atoms with E-state index >= 15 is 0 Å². The summed E-state index contributed by atoms with van der Waals surface area (Å²) in [6.45, 7) is 5.74. The predicted molar refractivity (Wildman–Crippen MR) is 80.6 cm³/mol. The van der Waals surface area contributed by atoms with Crippen molar-refractivity contribution in [3.8, 4) is 0 Å². The van der Waals surface area contributed by atoms with Gasteiger partial charge in [-0.3, -0.25) is 0 Å². The van der Waals surface area contributed by atoms with Crippen molar-refractivity contribution < 1.29 is 8.78 Å². The SMILES string of the molecule is CC.C[C@H](N)[C@](N)(c1ccc(F)cc1)c1ccc(F)nc1. The lowest BCUT2D eigenvalue weighted by Gasteiger charge is -2.34. The number of nitrogens with two attached hydrogens (primary N) is 2. The number of hydrogen-bond acceptors (Lipinski definition) is 3. The molecule has 114 valence electrons. The molecule has 1 aromatic heterocycles. The summed E-state index contributed by atoms with van der Waals surface area (Å²) in [4.78, 5) is 3.59. The molecule has 1 aromatic carbocycles. The average molecular weight is 293 g/mol. The fourth-order valence-electron chi connectivity index (χ4n) is 2.04. The first kappa shape index (κ1) is 17.2. The van der Waals surface area contributed by atoms with Crippen LogP contribution < -0.4 is 11.5 Å². The normalized spacial score (nSPS) is 14.6. The Labute approximate surface area is 124 Å². The first-order chi connectivity index (χ1) is 9.94. The Balaban J connectivity index is 0.00000106. The van der Waals surface area contributed by atoms with E-state index in [4.69, 9.17) is 11.5 Å². The second-order valence-electron chi connectivity index (χ2n) is 4.53. The molecule has 21 heavy (non-hydrogen) atoms. The zero-order chi connectivity index (χ0) is 16.0. The van der Waals surface area contributed by atoms with E-state index < -0.39 is 17.5 Å². The van der Waals surface area contributed by atoms with Crippen LogP contribution in [0.5, 0.6) is 0 Å². The van der Waals surface area contributed by atoms with Crippen molar-refractivity contribution >= 4 is 0 Å². The molecule has 2 atom stereocenters. The number of rotatable bonds is 3. The summed E-state index contributed by atoms with van der Waals surface area (Å²) in [7, 11) is 0. The van der Waals surface area contributed by atoms with Gasteiger partial charge in [0.25, 0.3) is 0 Å². The zero-order valence-corrected chi connectivity index (χ0v) is 12.5. The monoisotopic (exact) mass is 293 g/mol. The maximum absolute atomic E-state index is 13.0. The van der Waals surface area contributed by atoms with Gasteiger partial charge in [0.1, 0.15) is 5.82 Å². The molecule has 3 nitrogen and oxygen atoms in total. The van der Waals surface area contributed by atoms with Gasteiger partial charge in [0.05, 0.1) is 5.54 Å². The second kappa shape index (κ2) is 7.24. The molecular formula is C16H21F2N3. The van der Waals surface area contributed by atoms with Gasteiger partial charge in [0, 0.05) is 12.2 Å². The lowest BCUT2D eigenvalue weighted by Crippen LogP contribution is -2.51. The number of halogens is 2. The third kappa shape index (κ3) is 3.62. The molecular weight excluding hydrogens is 272 g/mol. The standard InChI is InChI=1S/C14H15F2N3.C2H6/c1-9(17)14(18,10-2-5-12(15)6-3-10)11-4-7-13(16)19-8-11;1-2/h2-9H,17-18H2,1H3;1-2H3/t9-,14-;/m0./s1. The smallest absolute Gasteiger partial charge is 0.212 e. The van der Waals surface area contributed by atoms with Gasteiger partial charge in [-0.25, -0.2) is 9.37 Å². The third-order valence-corrected chi connectivity index (χ3v) is 3.25. The topological polar surface area (TPSA) is 64.9 Å². The largest absolute Gasteiger partial charge is 0.326 e. The second-order valence-corrected chi connectivity index (χ2v) is 4.53. The van der Waals surface area contributed by atoms with Gasteiger partial charge < -0.3 is 11.5 Å². The van der Waals surface area contributed by atoms with E-state index in [0.29, 0.717) is 11.1 Å². The highest BCUT2D eigenvalue weighted by molar-refractivity contribution is 5.38. The van der Waals surface area contributed by atoms with Gasteiger partial charge in [-0.2, -0.15) is 4.39 Å². The molecule has 0 radical (unpaired) electrons. The zero-order valence-electron chi connectivity index (χ0n) is 12.5. The van der Waals surface area contributed by atoms with Crippen LogP contribution in [0.4, 0.5) is 8.78 Å². The lowest BCUT2D eigenvalue weighted by molar-refractivity contribution is 0.441. The summed E-state index contributed by atoms with van der Waals surface area (Å²) in [6, 6.07) is 8.08. The Kier molecular flexibility index (Phi) is 5.93. The molecule has 0 amide bonds. The van der Waals surface area contributed by atoms with Crippen molar-refractivity contribution in [2.45, 2.75) is 32.4 Å². The van der Waals surface area contributed by atoms with Crippen LogP contribution in [-0.4, -0.2) is 11.0 Å². The number of hydrogen-bond donors (Lipinski definition) is 2. The van der Waals surface area contributed by atoms with Gasteiger partial charge in [-0.1, -0.05) is 32.0 Å². The minimum atomic E-state index is -1.05. The van der Waals surface area contributed by atoms with E-state index in [1.807, 2.05) is 13.8 Å². The van der Waals surface area contributed by atoms with Gasteiger partial charge in [-0.05, 0) is 36.2 Å². The molecule has 0 fully saturated rings. The molecule has 0 aliphatic rings. The highest BCUT2D eigenvalue weighted by Gasteiger charge is 2.34. The molecule has 0 unspecified atom stereocenters. The van der Waals surface area contributed by atoms with Crippen molar-refractivity contribution in [1.29, 1.82) is 0 Å². The first-order valence-electron chi connectivity index (χ1n) is 6.87. The molecule has 2 rings (SSSR count). The summed E-state index contributed by atoms with van der Waals surface area (Å²) in [5, 5.41) is 0. The number of aromatic nitrogens is 1. The molecule has 0 saturated heterocycles. The summed E-state index contributed by atoms with van der Waals surface area (Å²) >= 11 is 0. The van der Waals surface area contributed by atoms with Crippen LogP contribution in [0.15, 0.2) is 42.6 Å². The molecule has 4 N–H and O–H groups in total. The molecule has 0 aliphatic carbocycles. The van der Waals surface area contributed by atoms with Gasteiger partial charge in [-0.15, -0.1) is 0 Å². The maximum atomic E-state index is 13.0. The van der Waals surface area contributed by atoms with Gasteiger partial charge >= 0.3 is 0 Å². The molecule has 1 heterocycles. The molecule has 0 bridgehead atoms. The molecule has 5 heteroatoms. The minimum Gasteiger partial charge on any atom is -0.326 e. The quantitative estimate of drug-likeness (QED) is 0.855. The molecule has 2 aromatic rings. The van der Waals surface area contributed by atoms with E-state index in [0.717, 1.165) is 0 Å². The number of nitrogens with zero attached hydrogens (tertiary/aromatic N) is 1. The Morgan fingerprint density at radius 2 is 1.52 bits per heavy atom. The molecule has 0 saturated carbocycles. The summed E-state index contributed by atoms with van der Waals surface area (Å²) in [5.74, 6) is -0.942. The van der Waals surface area contributed by atoms with E-state index in [2.05, 4.69) is 4.98 Å². The Bertz CT molecular complexity index is 505. The fourth-order valence-corrected chi connectivity index (χ4v) is 2.04. The number of benzene rings is 1. The third-order valence-electron chi connectivity index (χ3n) is 3.25. The van der Waals surface area contributed by atoms with Crippen molar-refractivity contribution in [3.05, 3.63) is 65.5 Å². The van der Waals surface area contributed by atoms with E-state index in [9.17, 15) is 8.78 Å². The van der Waals surface area contributed by atoms with Gasteiger partial charge in [0.15, 0.2) is 0 Å². The summed E-state index contributed by atoms with van der Waals surface area (Å²) in [5.41, 5.74) is 12.5. The van der Waals surface area contributed by atoms with Crippen LogP contribution in [0.3, 0.4) is 0 Å². The van der Waals surface area contributed by atoms with Crippen LogP contribution >= 0.6 is 0 Å². The van der Waals surface area contributed by atoms with Crippen molar-refractivity contribution in [1.82, 2.24) is 4.98 Å². The molecule has 0 spiro atoms. The van der Waals surface area contributed by atoms with Crippen molar-refractivity contribution in [3.63, 3.8) is 0 Å². The Hall–Kier alpha value is -1.85. The van der Waals surface area contributed by atoms with Crippen LogP contribution in [0.1, 0.15) is 31.9 Å². The Morgan fingerprint density at radius 1 is 1.00 bits per heavy atom. The highest BCUT2D eigenvalue weighted by Crippen LogP contribution is 2.29. The van der Waals surface area contributed by atoms with Crippen LogP contribution in [-0.2, 0) is 5.54 Å². The summed E-state index contributed by atoms with van der Waals surface area (Å²) in [6.07, 6.45) is 1.35. The van der Waals surface area contributed by atoms with Gasteiger partial charge in [0.2, 0.25) is 5.95 Å². The Morgan fingerprint density at radius 3 is 1.95 bits per heavy atom. The predicted octanol–water partition coefficient (Wildman–Crippen LogP) is 2.94. The minimum absolute atomic E-state index is 0.354. The maximum Gasteiger partial charge on any atom is 0.212 e. The number of pyridine rings is 1. The lowest BCUT2D eigenvalue weighted by atomic mass is 9.79. The first-order valence-corrected chi connectivity index (χ1v) is 6.87. The summed E-state index contributed by atoms with van der Waals surface area (Å²) < 4.78 is 25.9. The van der Waals surface area contributed by atoms with Crippen LogP contribution in [0.2, 0.25) is 0 Å². The average Bonchev–Trinajstić information content (AvgIpc) is 2.49. The van der Waals surface area contributed by atoms with Crippen LogP contribution in [0, 0.1) is 11.8 Å². The molecule has 0 aliphatic heterocycles.